The van der Waals surface area contributed by atoms with Gasteiger partial charge in [-0.05, 0) is 33.2 Å². The van der Waals surface area contributed by atoms with Crippen molar-refractivity contribution in [2.75, 3.05) is 13.2 Å². The van der Waals surface area contributed by atoms with Crippen LogP contribution in [0.25, 0.3) is 0 Å². The minimum Gasteiger partial charge on any atom is -0.369 e. The lowest BCUT2D eigenvalue weighted by Gasteiger charge is -2.21. The van der Waals surface area contributed by atoms with E-state index in [0.29, 0.717) is 24.1 Å². The summed E-state index contributed by atoms with van der Waals surface area (Å²) in [5.41, 5.74) is -1.61. The molecule has 0 aromatic carbocycles. The number of hydrogen-bond donors (Lipinski definition) is 1. The summed E-state index contributed by atoms with van der Waals surface area (Å²) >= 11 is 1.07. The molecule has 0 aliphatic heterocycles. The molecule has 7 heteroatoms. The van der Waals surface area contributed by atoms with Crippen molar-refractivity contribution in [3.63, 3.8) is 0 Å². The van der Waals surface area contributed by atoms with Gasteiger partial charge in [-0.25, -0.2) is 4.98 Å². The second-order valence-electron chi connectivity index (χ2n) is 5.76. The average Bonchev–Trinajstić information content (AvgIpc) is 2.73. The molecule has 122 valence electrons. The van der Waals surface area contributed by atoms with Crippen LogP contribution in [0, 0.1) is 5.92 Å². The van der Waals surface area contributed by atoms with Crippen molar-refractivity contribution < 1.29 is 17.9 Å². The first-order valence-electron chi connectivity index (χ1n) is 7.00. The SMILES string of the molecule is CCOC(C)(C)c1nc(C(F)(F)F)c(CNCC(C)C)s1. The van der Waals surface area contributed by atoms with Crippen LogP contribution in [0.4, 0.5) is 13.2 Å². The highest BCUT2D eigenvalue weighted by Gasteiger charge is 2.39. The minimum absolute atomic E-state index is 0.174. The fraction of sp³-hybridized carbons (Fsp3) is 0.786. The lowest BCUT2D eigenvalue weighted by molar-refractivity contribution is -0.141. The Morgan fingerprint density at radius 2 is 1.90 bits per heavy atom. The van der Waals surface area contributed by atoms with E-state index in [9.17, 15) is 13.2 Å². The molecule has 1 heterocycles. The van der Waals surface area contributed by atoms with Crippen molar-refractivity contribution in [1.82, 2.24) is 10.3 Å². The molecule has 3 nitrogen and oxygen atoms in total. The predicted octanol–water partition coefficient (Wildman–Crippen LogP) is 4.18. The Morgan fingerprint density at radius 3 is 2.38 bits per heavy atom. The first kappa shape index (κ1) is 18.4. The van der Waals surface area contributed by atoms with E-state index in [1.807, 2.05) is 20.8 Å². The van der Waals surface area contributed by atoms with E-state index >= 15 is 0 Å². The van der Waals surface area contributed by atoms with E-state index in [4.69, 9.17) is 4.74 Å². The highest BCUT2D eigenvalue weighted by molar-refractivity contribution is 7.11. The van der Waals surface area contributed by atoms with E-state index < -0.39 is 17.5 Å². The number of thiazole rings is 1. The van der Waals surface area contributed by atoms with Crippen molar-refractivity contribution in [1.29, 1.82) is 0 Å². The third-order valence-electron chi connectivity index (χ3n) is 2.82. The van der Waals surface area contributed by atoms with Crippen molar-refractivity contribution in [2.24, 2.45) is 5.92 Å². The van der Waals surface area contributed by atoms with Crippen LogP contribution in [0.15, 0.2) is 0 Å². The van der Waals surface area contributed by atoms with Gasteiger partial charge in [-0.2, -0.15) is 13.2 Å². The molecule has 0 radical (unpaired) electrons. The maximum atomic E-state index is 13.1. The van der Waals surface area contributed by atoms with Gasteiger partial charge in [0.1, 0.15) is 10.6 Å². The lowest BCUT2D eigenvalue weighted by atomic mass is 10.1. The van der Waals surface area contributed by atoms with E-state index in [-0.39, 0.29) is 11.4 Å². The molecule has 0 aliphatic carbocycles. The van der Waals surface area contributed by atoms with Gasteiger partial charge < -0.3 is 10.1 Å². The smallest absolute Gasteiger partial charge is 0.369 e. The summed E-state index contributed by atoms with van der Waals surface area (Å²) in [6.45, 7) is 10.6. The maximum absolute atomic E-state index is 13.1. The summed E-state index contributed by atoms with van der Waals surface area (Å²) in [6.07, 6.45) is -4.44. The second-order valence-corrected chi connectivity index (χ2v) is 6.84. The van der Waals surface area contributed by atoms with Gasteiger partial charge in [0.2, 0.25) is 0 Å². The van der Waals surface area contributed by atoms with Gasteiger partial charge in [0.25, 0.3) is 0 Å². The van der Waals surface area contributed by atoms with E-state index in [1.165, 1.54) is 0 Å². The summed E-state index contributed by atoms with van der Waals surface area (Å²) in [6, 6.07) is 0. The summed E-state index contributed by atoms with van der Waals surface area (Å²) < 4.78 is 44.8. The zero-order chi connectivity index (χ0) is 16.3. The zero-order valence-electron chi connectivity index (χ0n) is 13.1. The molecule has 1 aromatic heterocycles. The Morgan fingerprint density at radius 1 is 1.29 bits per heavy atom. The number of aromatic nitrogens is 1. The van der Waals surface area contributed by atoms with Crippen molar-refractivity contribution >= 4 is 11.3 Å². The molecule has 0 saturated heterocycles. The van der Waals surface area contributed by atoms with Crippen molar-refractivity contribution in [2.45, 2.75) is 52.9 Å². The van der Waals surface area contributed by atoms with Gasteiger partial charge in [-0.15, -0.1) is 11.3 Å². The summed E-state index contributed by atoms with van der Waals surface area (Å²) in [7, 11) is 0. The third-order valence-corrected chi connectivity index (χ3v) is 4.18. The summed E-state index contributed by atoms with van der Waals surface area (Å²) in [4.78, 5) is 4.01. The Labute approximate surface area is 127 Å². The third kappa shape index (κ3) is 5.23. The van der Waals surface area contributed by atoms with Crippen LogP contribution >= 0.6 is 11.3 Å². The second kappa shape index (κ2) is 7.07. The number of nitrogens with one attached hydrogen (secondary N) is 1. The fourth-order valence-corrected chi connectivity index (χ4v) is 2.95. The Balaban J connectivity index is 3.02. The van der Waals surface area contributed by atoms with Crippen LogP contribution in [-0.2, 0) is 23.1 Å². The van der Waals surface area contributed by atoms with Gasteiger partial charge >= 0.3 is 6.18 Å². The lowest BCUT2D eigenvalue weighted by Crippen LogP contribution is -2.22. The highest BCUT2D eigenvalue weighted by atomic mass is 32.1. The normalized spacial score (nSPS) is 13.2. The Kier molecular flexibility index (Phi) is 6.19. The first-order chi connectivity index (χ1) is 9.58. The Hall–Kier alpha value is -0.660. The van der Waals surface area contributed by atoms with Crippen LogP contribution in [0.3, 0.4) is 0 Å². The molecule has 0 amide bonds. The molecule has 1 N–H and O–H groups in total. The number of ether oxygens (including phenoxy) is 1. The van der Waals surface area contributed by atoms with Crippen molar-refractivity contribution in [3.05, 3.63) is 15.6 Å². The van der Waals surface area contributed by atoms with Crippen molar-refractivity contribution in [3.8, 4) is 0 Å². The molecular weight excluding hydrogens is 301 g/mol. The summed E-state index contributed by atoms with van der Waals surface area (Å²) in [5, 5.41) is 3.40. The van der Waals surface area contributed by atoms with Crippen LogP contribution in [0.1, 0.15) is 50.2 Å². The molecule has 1 rings (SSSR count). The van der Waals surface area contributed by atoms with Gasteiger partial charge in [-0.1, -0.05) is 13.8 Å². The van der Waals surface area contributed by atoms with Gasteiger partial charge in [-0.3, -0.25) is 0 Å². The van der Waals surface area contributed by atoms with Crippen LogP contribution < -0.4 is 5.32 Å². The van der Waals surface area contributed by atoms with E-state index in [0.717, 1.165) is 11.3 Å². The van der Waals surface area contributed by atoms with E-state index in [2.05, 4.69) is 10.3 Å². The number of alkyl halides is 3. The number of rotatable bonds is 7. The number of nitrogens with zero attached hydrogens (tertiary/aromatic N) is 1. The quantitative estimate of drug-likeness (QED) is 0.817. The molecule has 0 unspecified atom stereocenters. The molecule has 21 heavy (non-hydrogen) atoms. The van der Waals surface area contributed by atoms with Crippen LogP contribution in [-0.4, -0.2) is 18.1 Å². The molecule has 1 aromatic rings. The first-order valence-corrected chi connectivity index (χ1v) is 7.81. The average molecular weight is 324 g/mol. The largest absolute Gasteiger partial charge is 0.434 e. The fourth-order valence-electron chi connectivity index (χ4n) is 1.85. The van der Waals surface area contributed by atoms with Gasteiger partial charge in [0.15, 0.2) is 5.69 Å². The highest BCUT2D eigenvalue weighted by Crippen LogP contribution is 2.38. The maximum Gasteiger partial charge on any atom is 0.434 e. The molecule has 0 atom stereocenters. The Bertz CT molecular complexity index is 456. The zero-order valence-corrected chi connectivity index (χ0v) is 13.9. The number of halogens is 3. The summed E-state index contributed by atoms with van der Waals surface area (Å²) in [5.74, 6) is 0.381. The predicted molar refractivity (Wildman–Crippen MR) is 78.3 cm³/mol. The van der Waals surface area contributed by atoms with Gasteiger partial charge in [0.05, 0.1) is 4.88 Å². The molecule has 0 fully saturated rings. The molecule has 0 saturated carbocycles. The molecular formula is C14H23F3N2OS. The minimum atomic E-state index is -4.44. The van der Waals surface area contributed by atoms with Crippen LogP contribution in [0.5, 0.6) is 0 Å². The molecule has 0 aliphatic rings. The van der Waals surface area contributed by atoms with E-state index in [1.54, 1.807) is 13.8 Å². The standard InChI is InChI=1S/C14H23F3N2OS/c1-6-20-13(4,5)12-19-11(14(15,16)17)10(21-12)8-18-7-9(2)3/h9,18H,6-8H2,1-5H3. The molecule has 0 bridgehead atoms. The molecule has 0 spiro atoms. The van der Waals surface area contributed by atoms with Crippen LogP contribution in [0.2, 0.25) is 0 Å². The van der Waals surface area contributed by atoms with Gasteiger partial charge in [0, 0.05) is 13.2 Å². The monoisotopic (exact) mass is 324 g/mol. The number of hydrogen-bond acceptors (Lipinski definition) is 4. The topological polar surface area (TPSA) is 34.1 Å².